The second kappa shape index (κ2) is 7.45. The van der Waals surface area contributed by atoms with Crippen LogP contribution >= 0.6 is 11.6 Å². The van der Waals surface area contributed by atoms with Crippen LogP contribution in [-0.4, -0.2) is 60.8 Å². The summed E-state index contributed by atoms with van der Waals surface area (Å²) in [5.74, 6) is 0.717. The number of ether oxygens (including phenoxy) is 1. The Hall–Kier alpha value is -0.810. The average molecular weight is 313 g/mol. The molecule has 0 aromatic heterocycles. The molecule has 0 amide bonds. The van der Waals surface area contributed by atoms with Gasteiger partial charge in [0.15, 0.2) is 0 Å². The number of hydrogen-bond donors (Lipinski definition) is 1. The maximum absolute atomic E-state index is 9.46. The van der Waals surface area contributed by atoms with Crippen molar-refractivity contribution in [2.24, 2.45) is 0 Å². The molecule has 1 aromatic carbocycles. The zero-order valence-corrected chi connectivity index (χ0v) is 13.8. The van der Waals surface area contributed by atoms with E-state index >= 15 is 0 Å². The van der Waals surface area contributed by atoms with E-state index in [1.807, 2.05) is 19.1 Å². The Balaban J connectivity index is 1.95. The summed E-state index contributed by atoms with van der Waals surface area (Å²) in [6, 6.07) is 6.34. The van der Waals surface area contributed by atoms with Gasteiger partial charge >= 0.3 is 0 Å². The topological polar surface area (TPSA) is 35.9 Å². The summed E-state index contributed by atoms with van der Waals surface area (Å²) in [7, 11) is 1.63. The smallest absolute Gasteiger partial charge is 0.137 e. The first-order valence-corrected chi connectivity index (χ1v) is 7.87. The standard InChI is InChI=1S/C16H25ClN2O2/c1-12(20)11-18-6-8-19(9-7-18)13(2)14-4-5-16(21-3)15(17)10-14/h4-5,10,12-13,20H,6-9,11H2,1-3H3/t12-,13+/m0/s1. The number of piperazine rings is 1. The van der Waals surface area contributed by atoms with Gasteiger partial charge in [0, 0.05) is 38.8 Å². The normalized spacial score (nSPS) is 20.2. The zero-order valence-electron chi connectivity index (χ0n) is 13.1. The minimum absolute atomic E-state index is 0.255. The van der Waals surface area contributed by atoms with Crippen LogP contribution in [0.3, 0.4) is 0 Å². The molecule has 2 rings (SSSR count). The van der Waals surface area contributed by atoms with Crippen LogP contribution in [0.15, 0.2) is 18.2 Å². The van der Waals surface area contributed by atoms with Crippen molar-refractivity contribution in [1.82, 2.24) is 9.80 Å². The number of benzene rings is 1. The van der Waals surface area contributed by atoms with Crippen molar-refractivity contribution < 1.29 is 9.84 Å². The molecule has 1 aromatic rings. The minimum Gasteiger partial charge on any atom is -0.495 e. The number of halogens is 1. The number of methoxy groups -OCH3 is 1. The zero-order chi connectivity index (χ0) is 15.4. The molecule has 0 radical (unpaired) electrons. The lowest BCUT2D eigenvalue weighted by atomic mass is 10.1. The molecule has 0 bridgehead atoms. The van der Waals surface area contributed by atoms with E-state index in [4.69, 9.17) is 16.3 Å². The highest BCUT2D eigenvalue weighted by molar-refractivity contribution is 6.32. The van der Waals surface area contributed by atoms with Gasteiger partial charge in [0.1, 0.15) is 5.75 Å². The molecule has 4 nitrogen and oxygen atoms in total. The second-order valence-electron chi connectivity index (χ2n) is 5.76. The van der Waals surface area contributed by atoms with Crippen LogP contribution in [0.5, 0.6) is 5.75 Å². The number of rotatable bonds is 5. The SMILES string of the molecule is COc1ccc([C@@H](C)N2CCN(C[C@H](C)O)CC2)cc1Cl. The highest BCUT2D eigenvalue weighted by Crippen LogP contribution is 2.30. The third-order valence-electron chi connectivity index (χ3n) is 4.14. The Kier molecular flexibility index (Phi) is 5.88. The predicted molar refractivity (Wildman–Crippen MR) is 86.1 cm³/mol. The molecule has 1 aliphatic heterocycles. The van der Waals surface area contributed by atoms with Crippen molar-refractivity contribution in [3.63, 3.8) is 0 Å². The van der Waals surface area contributed by atoms with E-state index in [0.717, 1.165) is 38.5 Å². The Morgan fingerprint density at radius 1 is 1.24 bits per heavy atom. The molecular weight excluding hydrogens is 288 g/mol. The van der Waals surface area contributed by atoms with Crippen molar-refractivity contribution in [3.8, 4) is 5.75 Å². The quantitative estimate of drug-likeness (QED) is 0.906. The first kappa shape index (κ1) is 16.6. The molecule has 0 spiro atoms. The van der Waals surface area contributed by atoms with E-state index < -0.39 is 0 Å². The van der Waals surface area contributed by atoms with Gasteiger partial charge in [0.2, 0.25) is 0 Å². The summed E-state index contributed by atoms with van der Waals surface area (Å²) in [6.45, 7) is 8.83. The Labute approximate surface area is 132 Å². The largest absolute Gasteiger partial charge is 0.495 e. The number of β-amino-alcohol motifs (C(OH)–C–C–N with tert-alkyl or cyclic N) is 1. The lowest BCUT2D eigenvalue weighted by molar-refractivity contribution is 0.0655. The Bertz CT molecular complexity index is 460. The summed E-state index contributed by atoms with van der Waals surface area (Å²) >= 11 is 6.21. The molecule has 1 fully saturated rings. The van der Waals surface area contributed by atoms with E-state index in [2.05, 4.69) is 22.8 Å². The summed E-state index contributed by atoms with van der Waals surface area (Å²) < 4.78 is 5.20. The van der Waals surface area contributed by atoms with Gasteiger partial charge in [-0.2, -0.15) is 0 Å². The van der Waals surface area contributed by atoms with Gasteiger partial charge < -0.3 is 9.84 Å². The van der Waals surface area contributed by atoms with E-state index in [0.29, 0.717) is 11.1 Å². The van der Waals surface area contributed by atoms with Crippen molar-refractivity contribution in [2.45, 2.75) is 26.0 Å². The molecule has 0 aliphatic carbocycles. The molecule has 2 atom stereocenters. The molecule has 0 unspecified atom stereocenters. The van der Waals surface area contributed by atoms with E-state index in [9.17, 15) is 5.11 Å². The highest BCUT2D eigenvalue weighted by Gasteiger charge is 2.23. The van der Waals surface area contributed by atoms with Crippen LogP contribution in [0.1, 0.15) is 25.5 Å². The average Bonchev–Trinajstić information content (AvgIpc) is 2.46. The van der Waals surface area contributed by atoms with Crippen molar-refractivity contribution in [2.75, 3.05) is 39.8 Å². The number of nitrogens with zero attached hydrogens (tertiary/aromatic N) is 2. The fourth-order valence-electron chi connectivity index (χ4n) is 2.86. The monoisotopic (exact) mass is 312 g/mol. The fourth-order valence-corrected chi connectivity index (χ4v) is 3.13. The van der Waals surface area contributed by atoms with Gasteiger partial charge in [-0.3, -0.25) is 9.80 Å². The summed E-state index contributed by atoms with van der Waals surface area (Å²) in [6.07, 6.45) is -0.255. The second-order valence-corrected chi connectivity index (χ2v) is 6.16. The van der Waals surface area contributed by atoms with Gasteiger partial charge in [0.05, 0.1) is 18.2 Å². The van der Waals surface area contributed by atoms with Crippen LogP contribution in [-0.2, 0) is 0 Å². The molecule has 1 saturated heterocycles. The molecule has 21 heavy (non-hydrogen) atoms. The van der Waals surface area contributed by atoms with Crippen molar-refractivity contribution >= 4 is 11.6 Å². The molecular formula is C16H25ClN2O2. The summed E-state index contributed by atoms with van der Waals surface area (Å²) in [5, 5.41) is 10.1. The van der Waals surface area contributed by atoms with Crippen LogP contribution in [0.4, 0.5) is 0 Å². The molecule has 0 saturated carbocycles. The Morgan fingerprint density at radius 3 is 2.43 bits per heavy atom. The van der Waals surface area contributed by atoms with Gasteiger partial charge in [-0.25, -0.2) is 0 Å². The van der Waals surface area contributed by atoms with Gasteiger partial charge in [-0.1, -0.05) is 17.7 Å². The third kappa shape index (κ3) is 4.33. The van der Waals surface area contributed by atoms with Crippen LogP contribution in [0.2, 0.25) is 5.02 Å². The summed E-state index contributed by atoms with van der Waals surface area (Å²) in [5.41, 5.74) is 1.21. The van der Waals surface area contributed by atoms with E-state index in [1.165, 1.54) is 5.56 Å². The molecule has 5 heteroatoms. The lowest BCUT2D eigenvalue weighted by Gasteiger charge is -2.38. The predicted octanol–water partition coefficient (Wildman–Crippen LogP) is 2.41. The lowest BCUT2D eigenvalue weighted by Crippen LogP contribution is -2.48. The Morgan fingerprint density at radius 2 is 1.90 bits per heavy atom. The fraction of sp³-hybridized carbons (Fsp3) is 0.625. The maximum Gasteiger partial charge on any atom is 0.137 e. The number of hydrogen-bond acceptors (Lipinski definition) is 4. The number of aliphatic hydroxyl groups is 1. The third-order valence-corrected chi connectivity index (χ3v) is 4.43. The van der Waals surface area contributed by atoms with Crippen molar-refractivity contribution in [1.29, 1.82) is 0 Å². The van der Waals surface area contributed by atoms with E-state index in [1.54, 1.807) is 7.11 Å². The van der Waals surface area contributed by atoms with Crippen molar-refractivity contribution in [3.05, 3.63) is 28.8 Å². The molecule has 1 aliphatic rings. The summed E-state index contributed by atoms with van der Waals surface area (Å²) in [4.78, 5) is 4.77. The van der Waals surface area contributed by atoms with Gasteiger partial charge in [0.25, 0.3) is 0 Å². The number of aliphatic hydroxyl groups excluding tert-OH is 1. The molecule has 1 N–H and O–H groups in total. The first-order chi connectivity index (χ1) is 10.0. The van der Waals surface area contributed by atoms with Crippen LogP contribution in [0.25, 0.3) is 0 Å². The highest BCUT2D eigenvalue weighted by atomic mass is 35.5. The first-order valence-electron chi connectivity index (χ1n) is 7.49. The molecule has 1 heterocycles. The van der Waals surface area contributed by atoms with Crippen LogP contribution < -0.4 is 4.74 Å². The van der Waals surface area contributed by atoms with E-state index in [-0.39, 0.29) is 6.10 Å². The van der Waals surface area contributed by atoms with Crippen LogP contribution in [0, 0.1) is 0 Å². The maximum atomic E-state index is 9.46. The van der Waals surface area contributed by atoms with Gasteiger partial charge in [-0.05, 0) is 31.5 Å². The van der Waals surface area contributed by atoms with Gasteiger partial charge in [-0.15, -0.1) is 0 Å². The molecule has 118 valence electrons. The minimum atomic E-state index is -0.255.